The third-order valence-electron chi connectivity index (χ3n) is 2.64. The molecule has 0 atom stereocenters. The van der Waals surface area contributed by atoms with Gasteiger partial charge in [-0.25, -0.2) is 9.97 Å². The molecule has 14 heavy (non-hydrogen) atoms. The van der Waals surface area contributed by atoms with Crippen LogP contribution in [-0.4, -0.2) is 15.0 Å². The van der Waals surface area contributed by atoms with E-state index < -0.39 is 4.87 Å². The third kappa shape index (κ3) is 1.80. The van der Waals surface area contributed by atoms with Crippen molar-refractivity contribution in [2.45, 2.75) is 37.0 Å². The van der Waals surface area contributed by atoms with Crippen LogP contribution in [0.1, 0.15) is 37.9 Å². The zero-order valence-corrected chi connectivity index (χ0v) is 8.67. The van der Waals surface area contributed by atoms with Gasteiger partial charge in [-0.3, -0.25) is 0 Å². The second kappa shape index (κ2) is 3.69. The number of halogens is 1. The molecule has 0 saturated heterocycles. The van der Waals surface area contributed by atoms with Crippen molar-refractivity contribution in [2.24, 2.45) is 0 Å². The summed E-state index contributed by atoms with van der Waals surface area (Å²) in [4.78, 5) is 11.5. The molecule has 0 radical (unpaired) electrons. The van der Waals surface area contributed by atoms with Crippen LogP contribution in [0.5, 0.6) is 0 Å². The minimum Gasteiger partial charge on any atom is -0.368 e. The molecule has 1 aromatic heterocycles. The fourth-order valence-electron chi connectivity index (χ4n) is 1.86. The molecule has 4 nitrogen and oxygen atoms in total. The van der Waals surface area contributed by atoms with Gasteiger partial charge in [0.15, 0.2) is 5.82 Å². The molecule has 1 aliphatic carbocycles. The van der Waals surface area contributed by atoms with Gasteiger partial charge in [-0.05, 0) is 12.8 Å². The predicted molar refractivity (Wildman–Crippen MR) is 54.9 cm³/mol. The van der Waals surface area contributed by atoms with Crippen molar-refractivity contribution < 1.29 is 0 Å². The van der Waals surface area contributed by atoms with E-state index in [1.54, 1.807) is 0 Å². The Morgan fingerprint density at radius 2 is 1.93 bits per heavy atom. The lowest BCUT2D eigenvalue weighted by Crippen LogP contribution is -2.25. The SMILES string of the molecule is Nc1ncnc(C2(Cl)CCCCC2)n1. The molecule has 0 spiro atoms. The highest BCUT2D eigenvalue weighted by molar-refractivity contribution is 6.23. The smallest absolute Gasteiger partial charge is 0.223 e. The Bertz CT molecular complexity index is 322. The summed E-state index contributed by atoms with van der Waals surface area (Å²) >= 11 is 6.46. The van der Waals surface area contributed by atoms with Crippen LogP contribution in [0.15, 0.2) is 6.33 Å². The maximum absolute atomic E-state index is 6.46. The number of nitrogens with two attached hydrogens (primary N) is 1. The number of aromatic nitrogens is 3. The molecule has 0 amide bonds. The van der Waals surface area contributed by atoms with Crippen LogP contribution >= 0.6 is 11.6 Å². The molecular formula is C9H13ClN4. The number of rotatable bonds is 1. The van der Waals surface area contributed by atoms with Crippen molar-refractivity contribution in [1.29, 1.82) is 0 Å². The summed E-state index contributed by atoms with van der Waals surface area (Å²) in [7, 11) is 0. The van der Waals surface area contributed by atoms with E-state index in [1.807, 2.05) is 0 Å². The van der Waals surface area contributed by atoms with Crippen molar-refractivity contribution in [3.63, 3.8) is 0 Å². The Kier molecular flexibility index (Phi) is 2.54. The second-order valence-corrected chi connectivity index (χ2v) is 4.42. The number of nitrogens with zero attached hydrogens (tertiary/aromatic N) is 3. The largest absolute Gasteiger partial charge is 0.368 e. The van der Waals surface area contributed by atoms with E-state index in [4.69, 9.17) is 17.3 Å². The summed E-state index contributed by atoms with van der Waals surface area (Å²) in [6.07, 6.45) is 6.80. The quantitative estimate of drug-likeness (QED) is 0.722. The lowest BCUT2D eigenvalue weighted by Gasteiger charge is -2.29. The maximum atomic E-state index is 6.46. The number of hydrogen-bond donors (Lipinski definition) is 1. The van der Waals surface area contributed by atoms with E-state index in [-0.39, 0.29) is 5.95 Å². The average Bonchev–Trinajstić information content (AvgIpc) is 2.19. The van der Waals surface area contributed by atoms with Crippen LogP contribution < -0.4 is 5.73 Å². The van der Waals surface area contributed by atoms with Crippen molar-refractivity contribution in [1.82, 2.24) is 15.0 Å². The lowest BCUT2D eigenvalue weighted by molar-refractivity contribution is 0.382. The summed E-state index contributed by atoms with van der Waals surface area (Å²) < 4.78 is 0. The summed E-state index contributed by atoms with van der Waals surface area (Å²) in [6, 6.07) is 0. The van der Waals surface area contributed by atoms with Crippen LogP contribution in [-0.2, 0) is 4.87 Å². The molecule has 0 aromatic carbocycles. The van der Waals surface area contributed by atoms with Crippen LogP contribution in [0, 0.1) is 0 Å². The van der Waals surface area contributed by atoms with Crippen molar-refractivity contribution >= 4 is 17.5 Å². The Balaban J connectivity index is 2.28. The minimum absolute atomic E-state index is 0.251. The summed E-state index contributed by atoms with van der Waals surface area (Å²) in [5.74, 6) is 0.881. The summed E-state index contributed by atoms with van der Waals surface area (Å²) in [5.41, 5.74) is 5.50. The Hall–Kier alpha value is -0.900. The standard InChI is InChI=1S/C9H13ClN4/c10-9(4-2-1-3-5-9)7-12-6-13-8(11)14-7/h6H,1-5H2,(H2,11,12,13,14). The molecule has 1 saturated carbocycles. The zero-order chi connectivity index (χ0) is 10.0. The molecule has 0 aliphatic heterocycles. The number of anilines is 1. The van der Waals surface area contributed by atoms with E-state index >= 15 is 0 Å². The van der Waals surface area contributed by atoms with Gasteiger partial charge in [0.1, 0.15) is 11.2 Å². The molecule has 5 heteroatoms. The Labute approximate surface area is 87.9 Å². The maximum Gasteiger partial charge on any atom is 0.223 e. The van der Waals surface area contributed by atoms with E-state index in [0.29, 0.717) is 5.82 Å². The molecule has 76 valence electrons. The number of nitrogen functional groups attached to an aromatic ring is 1. The first kappa shape index (κ1) is 9.65. The first-order valence-corrected chi connectivity index (χ1v) is 5.22. The highest BCUT2D eigenvalue weighted by atomic mass is 35.5. The van der Waals surface area contributed by atoms with E-state index in [0.717, 1.165) is 25.7 Å². The van der Waals surface area contributed by atoms with Crippen LogP contribution in [0.25, 0.3) is 0 Å². The van der Waals surface area contributed by atoms with E-state index in [1.165, 1.54) is 12.7 Å². The Morgan fingerprint density at radius 3 is 2.57 bits per heavy atom. The van der Waals surface area contributed by atoms with Crippen molar-refractivity contribution in [3.05, 3.63) is 12.2 Å². The van der Waals surface area contributed by atoms with E-state index in [2.05, 4.69) is 15.0 Å². The average molecular weight is 213 g/mol. The minimum atomic E-state index is -0.407. The van der Waals surface area contributed by atoms with Gasteiger partial charge in [0.05, 0.1) is 0 Å². The molecule has 2 N–H and O–H groups in total. The normalized spacial score (nSPS) is 20.6. The first-order chi connectivity index (χ1) is 6.71. The summed E-state index contributed by atoms with van der Waals surface area (Å²) in [5, 5.41) is 0. The van der Waals surface area contributed by atoms with Gasteiger partial charge < -0.3 is 5.73 Å². The highest BCUT2D eigenvalue weighted by Gasteiger charge is 2.34. The third-order valence-corrected chi connectivity index (χ3v) is 3.18. The van der Waals surface area contributed by atoms with E-state index in [9.17, 15) is 0 Å². The molecular weight excluding hydrogens is 200 g/mol. The number of alkyl halides is 1. The topological polar surface area (TPSA) is 64.7 Å². The van der Waals surface area contributed by atoms with Gasteiger partial charge >= 0.3 is 0 Å². The number of hydrogen-bond acceptors (Lipinski definition) is 4. The second-order valence-electron chi connectivity index (χ2n) is 3.69. The fraction of sp³-hybridized carbons (Fsp3) is 0.667. The molecule has 0 unspecified atom stereocenters. The lowest BCUT2D eigenvalue weighted by atomic mass is 9.88. The molecule has 1 heterocycles. The highest BCUT2D eigenvalue weighted by Crippen LogP contribution is 2.41. The molecule has 1 fully saturated rings. The Morgan fingerprint density at radius 1 is 1.21 bits per heavy atom. The van der Waals surface area contributed by atoms with Crippen molar-refractivity contribution in [2.75, 3.05) is 5.73 Å². The van der Waals surface area contributed by atoms with Crippen molar-refractivity contribution in [3.8, 4) is 0 Å². The zero-order valence-electron chi connectivity index (χ0n) is 7.91. The molecule has 0 bridgehead atoms. The molecule has 1 aromatic rings. The van der Waals surface area contributed by atoms with Gasteiger partial charge in [0, 0.05) is 0 Å². The molecule has 1 aliphatic rings. The fourth-order valence-corrected chi connectivity index (χ4v) is 2.22. The monoisotopic (exact) mass is 212 g/mol. The first-order valence-electron chi connectivity index (χ1n) is 4.85. The molecule has 2 rings (SSSR count). The van der Waals surface area contributed by atoms with Gasteiger partial charge in [-0.1, -0.05) is 19.3 Å². The van der Waals surface area contributed by atoms with Gasteiger partial charge in [-0.2, -0.15) is 4.98 Å². The van der Waals surface area contributed by atoms with Crippen LogP contribution in [0.3, 0.4) is 0 Å². The summed E-state index contributed by atoms with van der Waals surface area (Å²) in [6.45, 7) is 0. The van der Waals surface area contributed by atoms with Crippen LogP contribution in [0.2, 0.25) is 0 Å². The van der Waals surface area contributed by atoms with Gasteiger partial charge in [-0.15, -0.1) is 11.6 Å². The van der Waals surface area contributed by atoms with Gasteiger partial charge in [0.2, 0.25) is 5.95 Å². The van der Waals surface area contributed by atoms with Gasteiger partial charge in [0.25, 0.3) is 0 Å². The van der Waals surface area contributed by atoms with Crippen LogP contribution in [0.4, 0.5) is 5.95 Å². The predicted octanol–water partition coefficient (Wildman–Crippen LogP) is 1.85.